The summed E-state index contributed by atoms with van der Waals surface area (Å²) in [4.78, 5) is 10.5. The van der Waals surface area contributed by atoms with Gasteiger partial charge in [-0.15, -0.1) is 0 Å². The Labute approximate surface area is 194 Å². The number of phenolic OH excluding ortho intramolecular Hbond substituents is 1. The third kappa shape index (κ3) is 5.90. The molecule has 10 nitrogen and oxygen atoms in total. The van der Waals surface area contributed by atoms with Crippen molar-refractivity contribution in [2.75, 3.05) is 16.8 Å². The van der Waals surface area contributed by atoms with E-state index in [4.69, 9.17) is 16.3 Å². The fourth-order valence-corrected chi connectivity index (χ4v) is 3.95. The van der Waals surface area contributed by atoms with Crippen LogP contribution in [0.2, 0.25) is 5.02 Å². The second-order valence-corrected chi connectivity index (χ2v) is 8.66. The number of aromatic hydroxyl groups is 1. The number of hydrogen-bond donors (Lipinski definition) is 3. The number of benzene rings is 3. The standard InChI is InChI=1S/C21H19ClN4O6S/c1-2-32-20-5-3-4-14(21(20)27)13-23-24-18-11-10-17(12-19(18)26(28)29)33(30,31)25-16-8-6-15(22)7-9-16/h3-13,24-25,27H,2H2,1H3/b23-13+. The highest BCUT2D eigenvalue weighted by Crippen LogP contribution is 2.30. The molecular weight excluding hydrogens is 472 g/mol. The average molecular weight is 491 g/mol. The van der Waals surface area contributed by atoms with E-state index < -0.39 is 20.6 Å². The van der Waals surface area contributed by atoms with Gasteiger partial charge in [0, 0.05) is 22.3 Å². The van der Waals surface area contributed by atoms with Crippen LogP contribution in [0, 0.1) is 10.1 Å². The maximum absolute atomic E-state index is 12.6. The van der Waals surface area contributed by atoms with E-state index in [1.807, 2.05) is 0 Å². The smallest absolute Gasteiger partial charge is 0.295 e. The van der Waals surface area contributed by atoms with Crippen LogP contribution in [0.25, 0.3) is 0 Å². The molecule has 172 valence electrons. The lowest BCUT2D eigenvalue weighted by atomic mass is 10.2. The van der Waals surface area contributed by atoms with Crippen LogP contribution in [0.15, 0.2) is 70.7 Å². The number of hydrazone groups is 1. The van der Waals surface area contributed by atoms with Gasteiger partial charge in [0.2, 0.25) is 0 Å². The molecular formula is C21H19ClN4O6S. The third-order valence-corrected chi connectivity index (χ3v) is 5.92. The van der Waals surface area contributed by atoms with Crippen molar-refractivity contribution in [3.63, 3.8) is 0 Å². The number of para-hydroxylation sites is 1. The molecule has 0 radical (unpaired) electrons. The van der Waals surface area contributed by atoms with Crippen molar-refractivity contribution in [3.8, 4) is 11.5 Å². The minimum absolute atomic E-state index is 0.0397. The molecule has 0 spiro atoms. The third-order valence-electron chi connectivity index (χ3n) is 4.29. The van der Waals surface area contributed by atoms with Gasteiger partial charge in [0.15, 0.2) is 11.5 Å². The minimum atomic E-state index is -4.09. The van der Waals surface area contributed by atoms with E-state index in [-0.39, 0.29) is 27.8 Å². The number of phenols is 1. The number of sulfonamides is 1. The SMILES string of the molecule is CCOc1cccc(/C=N/Nc2ccc(S(=O)(=O)Nc3ccc(Cl)cc3)cc2[N+](=O)[O-])c1O. The molecule has 3 aromatic carbocycles. The molecule has 3 rings (SSSR count). The molecule has 0 saturated carbocycles. The van der Waals surface area contributed by atoms with Crippen molar-refractivity contribution in [3.05, 3.63) is 81.4 Å². The predicted molar refractivity (Wildman–Crippen MR) is 126 cm³/mol. The first-order chi connectivity index (χ1) is 15.7. The summed E-state index contributed by atoms with van der Waals surface area (Å²) in [5.74, 6) is 0.143. The average Bonchev–Trinajstić information content (AvgIpc) is 2.78. The molecule has 0 saturated heterocycles. The molecule has 12 heteroatoms. The van der Waals surface area contributed by atoms with Crippen LogP contribution in [-0.2, 0) is 10.0 Å². The Morgan fingerprint density at radius 2 is 1.91 bits per heavy atom. The Morgan fingerprint density at radius 1 is 1.18 bits per heavy atom. The summed E-state index contributed by atoms with van der Waals surface area (Å²) in [6.07, 6.45) is 1.26. The van der Waals surface area contributed by atoms with Crippen molar-refractivity contribution < 1.29 is 23.2 Å². The first-order valence-electron chi connectivity index (χ1n) is 9.52. The summed E-state index contributed by atoms with van der Waals surface area (Å²) in [6.45, 7) is 2.14. The normalized spacial score (nSPS) is 11.3. The van der Waals surface area contributed by atoms with Gasteiger partial charge in [0.05, 0.1) is 22.6 Å². The zero-order chi connectivity index (χ0) is 24.0. The van der Waals surface area contributed by atoms with Crippen LogP contribution in [-0.4, -0.2) is 31.3 Å². The number of hydrogen-bond acceptors (Lipinski definition) is 8. The molecule has 0 amide bonds. The van der Waals surface area contributed by atoms with Crippen LogP contribution in [0.3, 0.4) is 0 Å². The van der Waals surface area contributed by atoms with Crippen LogP contribution in [0.5, 0.6) is 11.5 Å². The van der Waals surface area contributed by atoms with E-state index in [2.05, 4.69) is 15.2 Å². The van der Waals surface area contributed by atoms with Gasteiger partial charge in [0.1, 0.15) is 5.69 Å². The Kier molecular flexibility index (Phi) is 7.36. The lowest BCUT2D eigenvalue weighted by Crippen LogP contribution is -2.13. The Morgan fingerprint density at radius 3 is 2.58 bits per heavy atom. The molecule has 0 aliphatic heterocycles. The largest absolute Gasteiger partial charge is 0.504 e. The highest BCUT2D eigenvalue weighted by molar-refractivity contribution is 7.92. The zero-order valence-electron chi connectivity index (χ0n) is 17.2. The van der Waals surface area contributed by atoms with Crippen molar-refractivity contribution in [2.45, 2.75) is 11.8 Å². The van der Waals surface area contributed by atoms with E-state index in [0.29, 0.717) is 17.2 Å². The molecule has 0 aliphatic rings. The van der Waals surface area contributed by atoms with Gasteiger partial charge in [-0.3, -0.25) is 20.3 Å². The number of nitro benzene ring substituents is 1. The molecule has 3 N–H and O–H groups in total. The highest BCUT2D eigenvalue weighted by Gasteiger charge is 2.21. The maximum Gasteiger partial charge on any atom is 0.295 e. The van der Waals surface area contributed by atoms with Gasteiger partial charge in [0.25, 0.3) is 15.7 Å². The Bertz CT molecular complexity index is 1300. The zero-order valence-corrected chi connectivity index (χ0v) is 18.8. The fourth-order valence-electron chi connectivity index (χ4n) is 2.74. The molecule has 0 bridgehead atoms. The summed E-state index contributed by atoms with van der Waals surface area (Å²) in [6, 6.07) is 14.1. The Balaban J connectivity index is 1.83. The van der Waals surface area contributed by atoms with Gasteiger partial charge < -0.3 is 9.84 Å². The highest BCUT2D eigenvalue weighted by atomic mass is 35.5. The van der Waals surface area contributed by atoms with Crippen molar-refractivity contribution in [2.24, 2.45) is 5.10 Å². The van der Waals surface area contributed by atoms with E-state index in [0.717, 1.165) is 6.07 Å². The van der Waals surface area contributed by atoms with E-state index in [1.54, 1.807) is 25.1 Å². The summed E-state index contributed by atoms with van der Waals surface area (Å²) >= 11 is 5.79. The molecule has 0 atom stereocenters. The fraction of sp³-hybridized carbons (Fsp3) is 0.0952. The summed E-state index contributed by atoms with van der Waals surface area (Å²) in [5, 5.41) is 26.1. The van der Waals surface area contributed by atoms with E-state index in [1.165, 1.54) is 42.6 Å². The number of nitrogens with zero attached hydrogens (tertiary/aromatic N) is 2. The molecule has 0 aliphatic carbocycles. The number of nitro groups is 1. The first kappa shape index (κ1) is 23.8. The molecule has 33 heavy (non-hydrogen) atoms. The van der Waals surface area contributed by atoms with Crippen LogP contribution in [0.4, 0.5) is 17.1 Å². The number of anilines is 2. The quantitative estimate of drug-likeness (QED) is 0.226. The van der Waals surface area contributed by atoms with Gasteiger partial charge >= 0.3 is 0 Å². The van der Waals surface area contributed by atoms with Gasteiger partial charge in [-0.1, -0.05) is 17.7 Å². The lowest BCUT2D eigenvalue weighted by molar-refractivity contribution is -0.384. The second kappa shape index (κ2) is 10.2. The summed E-state index contributed by atoms with van der Waals surface area (Å²) < 4.78 is 32.9. The topological polar surface area (TPSA) is 143 Å². The number of ether oxygens (including phenoxy) is 1. The van der Waals surface area contributed by atoms with Crippen LogP contribution >= 0.6 is 11.6 Å². The van der Waals surface area contributed by atoms with Crippen molar-refractivity contribution in [1.29, 1.82) is 0 Å². The van der Waals surface area contributed by atoms with Gasteiger partial charge in [-0.2, -0.15) is 5.10 Å². The molecule has 3 aromatic rings. The Hall–Kier alpha value is -3.83. The van der Waals surface area contributed by atoms with Crippen LogP contribution in [0.1, 0.15) is 12.5 Å². The monoisotopic (exact) mass is 490 g/mol. The summed E-state index contributed by atoms with van der Waals surface area (Å²) in [5.41, 5.74) is 2.54. The van der Waals surface area contributed by atoms with Crippen LogP contribution < -0.4 is 14.9 Å². The summed E-state index contributed by atoms with van der Waals surface area (Å²) in [7, 11) is -4.09. The lowest BCUT2D eigenvalue weighted by Gasteiger charge is -2.10. The predicted octanol–water partition coefficient (Wildman–Crippen LogP) is 4.60. The van der Waals surface area contributed by atoms with E-state index >= 15 is 0 Å². The molecule has 0 unspecified atom stereocenters. The van der Waals surface area contributed by atoms with Crippen molar-refractivity contribution in [1.82, 2.24) is 0 Å². The second-order valence-electron chi connectivity index (χ2n) is 6.55. The molecule has 0 fully saturated rings. The van der Waals surface area contributed by atoms with E-state index in [9.17, 15) is 23.6 Å². The minimum Gasteiger partial charge on any atom is -0.504 e. The van der Waals surface area contributed by atoms with Gasteiger partial charge in [-0.25, -0.2) is 8.42 Å². The van der Waals surface area contributed by atoms with Gasteiger partial charge in [-0.05, 0) is 55.5 Å². The molecule has 0 aromatic heterocycles. The number of halogens is 1. The maximum atomic E-state index is 12.6. The molecule has 0 heterocycles. The van der Waals surface area contributed by atoms with Crippen molar-refractivity contribution >= 4 is 44.9 Å². The number of nitrogens with one attached hydrogen (secondary N) is 2. The first-order valence-corrected chi connectivity index (χ1v) is 11.4. The number of rotatable bonds is 9.